The normalized spacial score (nSPS) is 10.5. The molecule has 0 radical (unpaired) electrons. The summed E-state index contributed by atoms with van der Waals surface area (Å²) in [4.78, 5) is 13.8. The standard InChI is InChI=1S/C11H10ClNO2/c1-2-15-9-5-3-4-7-8(6-14)11(12)13-10(7)9/h3-6,13H,2H2,1H3. The van der Waals surface area contributed by atoms with Gasteiger partial charge in [0.25, 0.3) is 0 Å². The van der Waals surface area contributed by atoms with Crippen molar-refractivity contribution in [2.75, 3.05) is 6.61 Å². The predicted molar refractivity (Wildman–Crippen MR) is 59.9 cm³/mol. The van der Waals surface area contributed by atoms with Crippen molar-refractivity contribution in [2.45, 2.75) is 6.92 Å². The number of nitrogens with one attached hydrogen (secondary N) is 1. The molecule has 2 rings (SSSR count). The Kier molecular flexibility index (Phi) is 2.64. The molecule has 1 N–H and O–H groups in total. The van der Waals surface area contributed by atoms with Crippen LogP contribution in [0.1, 0.15) is 17.3 Å². The average Bonchev–Trinajstić information content (AvgIpc) is 2.55. The smallest absolute Gasteiger partial charge is 0.153 e. The summed E-state index contributed by atoms with van der Waals surface area (Å²) in [5.74, 6) is 0.713. The summed E-state index contributed by atoms with van der Waals surface area (Å²) < 4.78 is 5.43. The van der Waals surface area contributed by atoms with Crippen LogP contribution in [0.2, 0.25) is 5.15 Å². The van der Waals surface area contributed by atoms with Gasteiger partial charge in [0.15, 0.2) is 6.29 Å². The summed E-state index contributed by atoms with van der Waals surface area (Å²) >= 11 is 5.90. The molecule has 0 atom stereocenters. The fourth-order valence-corrected chi connectivity index (χ4v) is 1.81. The Morgan fingerprint density at radius 3 is 3.00 bits per heavy atom. The molecule has 0 fully saturated rings. The number of benzene rings is 1. The van der Waals surface area contributed by atoms with Crippen molar-refractivity contribution >= 4 is 28.8 Å². The molecule has 3 nitrogen and oxygen atoms in total. The van der Waals surface area contributed by atoms with E-state index in [-0.39, 0.29) is 0 Å². The molecule has 78 valence electrons. The minimum atomic E-state index is 0.354. The maximum atomic E-state index is 10.8. The molecule has 15 heavy (non-hydrogen) atoms. The van der Waals surface area contributed by atoms with Gasteiger partial charge in [0, 0.05) is 5.39 Å². The number of carbonyl (C=O) groups is 1. The Morgan fingerprint density at radius 2 is 2.33 bits per heavy atom. The highest BCUT2D eigenvalue weighted by atomic mass is 35.5. The molecule has 0 aliphatic carbocycles. The van der Waals surface area contributed by atoms with Gasteiger partial charge in [0.2, 0.25) is 0 Å². The van der Waals surface area contributed by atoms with Crippen molar-refractivity contribution in [3.63, 3.8) is 0 Å². The zero-order valence-corrected chi connectivity index (χ0v) is 8.97. The minimum Gasteiger partial charge on any atom is -0.492 e. The third kappa shape index (κ3) is 1.59. The van der Waals surface area contributed by atoms with Crippen LogP contribution in [0.5, 0.6) is 5.75 Å². The summed E-state index contributed by atoms with van der Waals surface area (Å²) in [7, 11) is 0. The summed E-state index contributed by atoms with van der Waals surface area (Å²) in [6.45, 7) is 2.48. The van der Waals surface area contributed by atoms with Gasteiger partial charge >= 0.3 is 0 Å². The Balaban J connectivity index is 2.71. The molecular weight excluding hydrogens is 214 g/mol. The molecule has 1 aromatic heterocycles. The molecule has 0 aliphatic heterocycles. The third-order valence-electron chi connectivity index (χ3n) is 2.21. The quantitative estimate of drug-likeness (QED) is 0.813. The number of para-hydroxylation sites is 1. The van der Waals surface area contributed by atoms with E-state index in [0.717, 1.165) is 17.2 Å². The van der Waals surface area contributed by atoms with E-state index in [2.05, 4.69) is 4.98 Å². The number of rotatable bonds is 3. The molecule has 0 unspecified atom stereocenters. The van der Waals surface area contributed by atoms with E-state index in [1.54, 1.807) is 0 Å². The Bertz CT molecular complexity index is 505. The van der Waals surface area contributed by atoms with E-state index < -0.39 is 0 Å². The number of ether oxygens (including phenoxy) is 1. The largest absolute Gasteiger partial charge is 0.492 e. The number of carbonyl (C=O) groups excluding carboxylic acids is 1. The lowest BCUT2D eigenvalue weighted by molar-refractivity contribution is 0.112. The van der Waals surface area contributed by atoms with Crippen molar-refractivity contribution in [3.8, 4) is 5.75 Å². The number of aldehydes is 1. The van der Waals surface area contributed by atoms with Crippen molar-refractivity contribution in [3.05, 3.63) is 28.9 Å². The number of hydrogen-bond acceptors (Lipinski definition) is 2. The summed E-state index contributed by atoms with van der Waals surface area (Å²) in [6, 6.07) is 5.52. The van der Waals surface area contributed by atoms with Gasteiger partial charge in [0.05, 0.1) is 17.7 Å². The SMILES string of the molecule is CCOc1cccc2c(C=O)c(Cl)[nH]c12. The average molecular weight is 224 g/mol. The molecule has 0 saturated carbocycles. The number of aromatic nitrogens is 1. The molecule has 2 aromatic rings. The van der Waals surface area contributed by atoms with E-state index in [9.17, 15) is 4.79 Å². The van der Waals surface area contributed by atoms with Crippen molar-refractivity contribution in [1.82, 2.24) is 4.98 Å². The van der Waals surface area contributed by atoms with Crippen LogP contribution in [0.4, 0.5) is 0 Å². The van der Waals surface area contributed by atoms with Crippen molar-refractivity contribution in [2.24, 2.45) is 0 Å². The fourth-order valence-electron chi connectivity index (χ4n) is 1.57. The fraction of sp³-hybridized carbons (Fsp3) is 0.182. The maximum absolute atomic E-state index is 10.8. The predicted octanol–water partition coefficient (Wildman–Crippen LogP) is 3.03. The molecule has 0 spiro atoms. The first-order valence-electron chi connectivity index (χ1n) is 4.66. The monoisotopic (exact) mass is 223 g/mol. The van der Waals surface area contributed by atoms with Crippen LogP contribution in [-0.4, -0.2) is 17.9 Å². The van der Waals surface area contributed by atoms with Gasteiger partial charge in [-0.05, 0) is 13.0 Å². The number of halogens is 1. The maximum Gasteiger partial charge on any atom is 0.153 e. The zero-order valence-electron chi connectivity index (χ0n) is 8.21. The number of aromatic amines is 1. The number of H-pyrrole nitrogens is 1. The number of hydrogen-bond donors (Lipinski definition) is 1. The summed E-state index contributed by atoms with van der Waals surface area (Å²) in [5, 5.41) is 1.15. The van der Waals surface area contributed by atoms with Crippen LogP contribution < -0.4 is 4.74 Å². The highest BCUT2D eigenvalue weighted by Crippen LogP contribution is 2.30. The van der Waals surface area contributed by atoms with Gasteiger partial charge in [-0.25, -0.2) is 0 Å². The van der Waals surface area contributed by atoms with Crippen LogP contribution in [0.25, 0.3) is 10.9 Å². The van der Waals surface area contributed by atoms with Crippen LogP contribution in [0, 0.1) is 0 Å². The van der Waals surface area contributed by atoms with E-state index in [1.807, 2.05) is 25.1 Å². The van der Waals surface area contributed by atoms with E-state index in [0.29, 0.717) is 23.1 Å². The second-order valence-corrected chi connectivity index (χ2v) is 3.46. The van der Waals surface area contributed by atoms with Crippen LogP contribution in [0.3, 0.4) is 0 Å². The summed E-state index contributed by atoms with van der Waals surface area (Å²) in [5.41, 5.74) is 1.25. The van der Waals surface area contributed by atoms with Gasteiger partial charge in [-0.15, -0.1) is 0 Å². The van der Waals surface area contributed by atoms with Gasteiger partial charge < -0.3 is 9.72 Å². The highest BCUT2D eigenvalue weighted by Gasteiger charge is 2.11. The Morgan fingerprint density at radius 1 is 1.53 bits per heavy atom. The molecular formula is C11H10ClNO2. The second-order valence-electron chi connectivity index (χ2n) is 3.08. The van der Waals surface area contributed by atoms with Gasteiger partial charge in [-0.2, -0.15) is 0 Å². The van der Waals surface area contributed by atoms with E-state index in [4.69, 9.17) is 16.3 Å². The lowest BCUT2D eigenvalue weighted by Gasteiger charge is -2.03. The third-order valence-corrected chi connectivity index (χ3v) is 2.50. The lowest BCUT2D eigenvalue weighted by Crippen LogP contribution is -1.91. The highest BCUT2D eigenvalue weighted by molar-refractivity contribution is 6.34. The Labute approximate surface area is 92.0 Å². The first-order valence-corrected chi connectivity index (χ1v) is 5.04. The zero-order chi connectivity index (χ0) is 10.8. The molecule has 1 heterocycles. The Hall–Kier alpha value is -1.48. The van der Waals surface area contributed by atoms with Gasteiger partial charge in [0.1, 0.15) is 10.9 Å². The second kappa shape index (κ2) is 3.95. The first kappa shape index (κ1) is 10.1. The van der Waals surface area contributed by atoms with E-state index in [1.165, 1.54) is 0 Å². The first-order chi connectivity index (χ1) is 7.27. The van der Waals surface area contributed by atoms with Crippen LogP contribution in [-0.2, 0) is 0 Å². The van der Waals surface area contributed by atoms with Crippen LogP contribution >= 0.6 is 11.6 Å². The lowest BCUT2D eigenvalue weighted by atomic mass is 10.2. The van der Waals surface area contributed by atoms with Gasteiger partial charge in [-0.1, -0.05) is 23.7 Å². The molecule has 4 heteroatoms. The number of fused-ring (bicyclic) bond motifs is 1. The molecule has 0 aliphatic rings. The van der Waals surface area contributed by atoms with E-state index >= 15 is 0 Å². The topological polar surface area (TPSA) is 42.1 Å². The van der Waals surface area contributed by atoms with Gasteiger partial charge in [-0.3, -0.25) is 4.79 Å². The van der Waals surface area contributed by atoms with Crippen molar-refractivity contribution in [1.29, 1.82) is 0 Å². The molecule has 0 amide bonds. The van der Waals surface area contributed by atoms with Crippen molar-refractivity contribution < 1.29 is 9.53 Å². The summed E-state index contributed by atoms with van der Waals surface area (Å²) in [6.07, 6.45) is 0.747. The van der Waals surface area contributed by atoms with Crippen LogP contribution in [0.15, 0.2) is 18.2 Å². The minimum absolute atomic E-state index is 0.354. The molecule has 0 bridgehead atoms. The molecule has 0 saturated heterocycles. The molecule has 1 aromatic carbocycles.